The number of fused-ring (bicyclic) bond motifs is 1. The van der Waals surface area contributed by atoms with Crippen LogP contribution in [0.15, 0.2) is 59.1 Å². The van der Waals surface area contributed by atoms with Crippen LogP contribution in [0.5, 0.6) is 0 Å². The number of hydrogen-bond acceptors (Lipinski definition) is 6. The number of carbonyl (C=O) groups excluding carboxylic acids is 1. The third-order valence-electron chi connectivity index (χ3n) is 6.54. The highest BCUT2D eigenvalue weighted by atomic mass is 79.9. The Hall–Kier alpha value is -3.19. The van der Waals surface area contributed by atoms with Gasteiger partial charge in [-0.05, 0) is 36.4 Å². The van der Waals surface area contributed by atoms with Gasteiger partial charge in [-0.25, -0.2) is 4.79 Å². The summed E-state index contributed by atoms with van der Waals surface area (Å²) < 4.78 is 7.33. The zero-order chi connectivity index (χ0) is 25.7. The number of anilines is 4. The first-order valence-electron chi connectivity index (χ1n) is 11.5. The fourth-order valence-corrected chi connectivity index (χ4v) is 5.08. The van der Waals surface area contributed by atoms with Crippen molar-refractivity contribution in [1.29, 1.82) is 0 Å². The normalized spacial score (nSPS) is 13.8. The van der Waals surface area contributed by atoms with Gasteiger partial charge in [0.25, 0.3) is 0 Å². The molecule has 3 aromatic rings. The lowest BCUT2D eigenvalue weighted by molar-refractivity contribution is 0.0254. The molecule has 4 rings (SSSR count). The highest BCUT2D eigenvalue weighted by Gasteiger charge is 2.51. The minimum Gasteiger partial charge on any atom is -0.440 e. The average molecular weight is 538 g/mol. The van der Waals surface area contributed by atoms with Crippen LogP contribution in [0.2, 0.25) is 0 Å². The van der Waals surface area contributed by atoms with Crippen molar-refractivity contribution >= 4 is 44.6 Å². The molecule has 6 nitrogen and oxygen atoms in total. The van der Waals surface area contributed by atoms with Gasteiger partial charge in [-0.3, -0.25) is 0 Å². The molecule has 3 aromatic carbocycles. The Balaban J connectivity index is 2.14. The summed E-state index contributed by atoms with van der Waals surface area (Å²) >= 11 is 3.53. The van der Waals surface area contributed by atoms with Gasteiger partial charge in [-0.2, -0.15) is 0 Å². The van der Waals surface area contributed by atoms with Crippen molar-refractivity contribution in [3.05, 3.63) is 81.3 Å². The van der Waals surface area contributed by atoms with E-state index in [0.717, 1.165) is 43.9 Å². The highest BCUT2D eigenvalue weighted by Crippen LogP contribution is 2.53. The molecule has 1 aliphatic heterocycles. The van der Waals surface area contributed by atoms with E-state index in [9.17, 15) is 4.79 Å². The number of esters is 1. The minimum absolute atomic E-state index is 0.330. The van der Waals surface area contributed by atoms with Gasteiger partial charge in [0.15, 0.2) is 5.60 Å². The lowest BCUT2D eigenvalue weighted by atomic mass is 9.77. The number of hydrogen-bond donors (Lipinski definition) is 0. The number of carbonyl (C=O) groups is 1. The Labute approximate surface area is 216 Å². The molecule has 0 fully saturated rings. The maximum absolute atomic E-state index is 13.4. The van der Waals surface area contributed by atoms with Gasteiger partial charge in [0.1, 0.15) is 0 Å². The maximum Gasteiger partial charge on any atom is 0.340 e. The lowest BCUT2D eigenvalue weighted by Crippen LogP contribution is -2.34. The van der Waals surface area contributed by atoms with Crippen LogP contribution in [0.3, 0.4) is 0 Å². The van der Waals surface area contributed by atoms with Crippen LogP contribution in [0, 0.1) is 0 Å². The summed E-state index contributed by atoms with van der Waals surface area (Å²) in [5.74, 6) is -0.330. The zero-order valence-electron chi connectivity index (χ0n) is 21.7. The Morgan fingerprint density at radius 3 is 1.51 bits per heavy atom. The Kier molecular flexibility index (Phi) is 6.49. The molecule has 0 atom stereocenters. The van der Waals surface area contributed by atoms with E-state index in [1.54, 1.807) is 0 Å². The van der Waals surface area contributed by atoms with Crippen molar-refractivity contribution in [3.63, 3.8) is 0 Å². The van der Waals surface area contributed by atoms with E-state index in [0.29, 0.717) is 5.56 Å². The summed E-state index contributed by atoms with van der Waals surface area (Å²) in [7, 11) is 16.2. The van der Waals surface area contributed by atoms with Crippen molar-refractivity contribution in [2.24, 2.45) is 0 Å². The van der Waals surface area contributed by atoms with E-state index in [-0.39, 0.29) is 5.97 Å². The molecule has 0 bridgehead atoms. The standard InChI is InChI=1S/C28H33BrN4O2/c1-30(2)19-10-13-23(25(16-19)32(5)6)28(22-12-9-18(29)15-21(22)27(34)35-28)24-14-11-20(31(3)4)17-26(24)33(7)8/h9-17H,1-8H3. The van der Waals surface area contributed by atoms with Gasteiger partial charge in [0, 0.05) is 100 Å². The highest BCUT2D eigenvalue weighted by molar-refractivity contribution is 9.10. The average Bonchev–Trinajstić information content (AvgIpc) is 3.10. The van der Waals surface area contributed by atoms with Gasteiger partial charge in [-0.15, -0.1) is 0 Å². The van der Waals surface area contributed by atoms with Gasteiger partial charge in [0.05, 0.1) is 5.56 Å². The topological polar surface area (TPSA) is 39.3 Å². The van der Waals surface area contributed by atoms with E-state index in [4.69, 9.17) is 4.74 Å². The first kappa shape index (κ1) is 24.9. The number of halogens is 1. The van der Waals surface area contributed by atoms with Crippen molar-refractivity contribution in [1.82, 2.24) is 0 Å². The van der Waals surface area contributed by atoms with E-state index < -0.39 is 5.60 Å². The molecule has 0 spiro atoms. The van der Waals surface area contributed by atoms with E-state index in [2.05, 4.69) is 71.9 Å². The predicted octanol–water partition coefficient (Wildman–Crippen LogP) is 5.18. The minimum atomic E-state index is -1.11. The number of benzene rings is 3. The molecule has 0 saturated heterocycles. The molecule has 0 aromatic heterocycles. The summed E-state index contributed by atoms with van der Waals surface area (Å²) in [5.41, 5.74) is 6.26. The molecule has 184 valence electrons. The second kappa shape index (κ2) is 9.11. The quantitative estimate of drug-likeness (QED) is 0.404. The molecule has 0 unspecified atom stereocenters. The van der Waals surface area contributed by atoms with Crippen LogP contribution < -0.4 is 19.6 Å². The second-order valence-electron chi connectivity index (χ2n) is 9.74. The molecule has 0 N–H and O–H groups in total. The van der Waals surface area contributed by atoms with Gasteiger partial charge in [-0.1, -0.05) is 34.1 Å². The number of nitrogens with zero attached hydrogens (tertiary/aromatic N) is 4. The summed E-state index contributed by atoms with van der Waals surface area (Å²) in [6.07, 6.45) is 0. The summed E-state index contributed by atoms with van der Waals surface area (Å²) in [6, 6.07) is 18.5. The fraction of sp³-hybridized carbons (Fsp3) is 0.321. The van der Waals surface area contributed by atoms with Gasteiger partial charge in [0.2, 0.25) is 0 Å². The van der Waals surface area contributed by atoms with Crippen molar-refractivity contribution in [2.75, 3.05) is 76.0 Å². The summed E-state index contributed by atoms with van der Waals surface area (Å²) in [6.45, 7) is 0. The molecule has 0 aliphatic carbocycles. The third kappa shape index (κ3) is 4.12. The van der Waals surface area contributed by atoms with Crippen LogP contribution in [-0.4, -0.2) is 62.4 Å². The Morgan fingerprint density at radius 1 is 0.629 bits per heavy atom. The van der Waals surface area contributed by atoms with Crippen molar-refractivity contribution in [2.45, 2.75) is 5.60 Å². The predicted molar refractivity (Wildman–Crippen MR) is 150 cm³/mol. The first-order chi connectivity index (χ1) is 16.5. The number of ether oxygens (including phenoxy) is 1. The number of rotatable bonds is 6. The van der Waals surface area contributed by atoms with Crippen LogP contribution in [0.1, 0.15) is 27.0 Å². The molecular weight excluding hydrogens is 504 g/mol. The largest absolute Gasteiger partial charge is 0.440 e. The van der Waals surface area contributed by atoms with Gasteiger partial charge >= 0.3 is 5.97 Å². The molecule has 1 aliphatic rings. The maximum atomic E-state index is 13.4. The first-order valence-corrected chi connectivity index (χ1v) is 12.3. The van der Waals surface area contributed by atoms with Crippen LogP contribution >= 0.6 is 15.9 Å². The van der Waals surface area contributed by atoms with E-state index in [1.165, 1.54) is 0 Å². The SMILES string of the molecule is CN(C)c1ccc(C2(c3ccc(N(C)C)cc3N(C)C)OC(=O)c3cc(Br)ccc32)c(N(C)C)c1. The molecule has 0 radical (unpaired) electrons. The molecular formula is C28H33BrN4O2. The molecule has 1 heterocycles. The van der Waals surface area contributed by atoms with E-state index in [1.807, 2.05) is 74.6 Å². The lowest BCUT2D eigenvalue weighted by Gasteiger charge is -2.37. The molecule has 0 saturated carbocycles. The summed E-state index contributed by atoms with van der Waals surface area (Å²) in [4.78, 5) is 21.7. The molecule has 7 heteroatoms. The van der Waals surface area contributed by atoms with Crippen LogP contribution in [-0.2, 0) is 10.3 Å². The van der Waals surface area contributed by atoms with E-state index >= 15 is 0 Å². The number of cyclic esters (lactones) is 1. The Bertz CT molecular complexity index is 1220. The van der Waals surface area contributed by atoms with Gasteiger partial charge < -0.3 is 24.3 Å². The smallest absolute Gasteiger partial charge is 0.340 e. The Morgan fingerprint density at radius 2 is 1.09 bits per heavy atom. The van der Waals surface area contributed by atoms with Crippen LogP contribution in [0.25, 0.3) is 0 Å². The third-order valence-corrected chi connectivity index (χ3v) is 7.04. The second-order valence-corrected chi connectivity index (χ2v) is 10.7. The van der Waals surface area contributed by atoms with Crippen LogP contribution in [0.4, 0.5) is 22.7 Å². The summed E-state index contributed by atoms with van der Waals surface area (Å²) in [5, 5.41) is 0. The molecule has 35 heavy (non-hydrogen) atoms. The fourth-order valence-electron chi connectivity index (χ4n) is 4.72. The van der Waals surface area contributed by atoms with Crippen molar-refractivity contribution in [3.8, 4) is 0 Å². The van der Waals surface area contributed by atoms with Crippen molar-refractivity contribution < 1.29 is 9.53 Å². The molecule has 0 amide bonds. The monoisotopic (exact) mass is 536 g/mol. The zero-order valence-corrected chi connectivity index (χ0v) is 23.3.